The third kappa shape index (κ3) is 9.77. The molecule has 0 saturated carbocycles. The molecule has 0 aromatic heterocycles. The zero-order chi connectivity index (χ0) is 35.9. The van der Waals surface area contributed by atoms with Crippen LogP contribution in [0, 0.1) is 0 Å². The zero-order valence-corrected chi connectivity index (χ0v) is 33.3. The standard InChI is InChI=1S/C45H70N4/c1-11-19-21-23-25-27-29-41-40(28-26-24-22-20-12-2)44(38-30-34(13-3)42(47(9)17-7)35(14-4)31-38)49(46)45(41)39-32-36(15-5)43(48(10)18-8)37(16-6)33-39/h26,28,30-33H,11-25,27,29H2,1-10H3. The van der Waals surface area contributed by atoms with Gasteiger partial charge in [-0.3, -0.25) is 0 Å². The molecule has 1 aliphatic rings. The minimum atomic E-state index is 0.948. The maximum atomic E-state index is 12.6. The van der Waals surface area contributed by atoms with Crippen molar-refractivity contribution in [2.75, 3.05) is 37.0 Å². The fraction of sp³-hybridized carbons (Fsp3) is 0.600. The Kier molecular flexibility index (Phi) is 16.9. The molecule has 0 saturated heterocycles. The largest absolute Gasteiger partial charge is 0.493 e. The van der Waals surface area contributed by atoms with Gasteiger partial charge in [-0.15, -0.1) is 0 Å². The van der Waals surface area contributed by atoms with Crippen LogP contribution in [0.15, 0.2) is 47.6 Å². The number of unbranched alkanes of at least 4 members (excludes halogenated alkanes) is 8. The van der Waals surface area contributed by atoms with E-state index in [2.05, 4.69) is 116 Å². The summed E-state index contributed by atoms with van der Waals surface area (Å²) in [4.78, 5) is 4.77. The van der Waals surface area contributed by atoms with Gasteiger partial charge in [-0.1, -0.05) is 98.6 Å². The first kappa shape index (κ1) is 40.3. The number of hydrogen-bond donors (Lipinski definition) is 0. The third-order valence-corrected chi connectivity index (χ3v) is 10.6. The first-order valence-electron chi connectivity index (χ1n) is 20.1. The topological polar surface area (TPSA) is 31.8 Å². The van der Waals surface area contributed by atoms with Crippen molar-refractivity contribution in [2.45, 2.75) is 152 Å². The Bertz CT molecular complexity index is 1420. The van der Waals surface area contributed by atoms with Crippen LogP contribution < -0.4 is 9.80 Å². The van der Waals surface area contributed by atoms with Crippen molar-refractivity contribution in [3.63, 3.8) is 0 Å². The van der Waals surface area contributed by atoms with Crippen molar-refractivity contribution in [3.8, 4) is 0 Å². The summed E-state index contributed by atoms with van der Waals surface area (Å²) in [7, 11) is 4.42. The molecule has 270 valence electrons. The molecule has 0 N–H and O–H groups in total. The lowest BCUT2D eigenvalue weighted by Crippen LogP contribution is -2.20. The van der Waals surface area contributed by atoms with Gasteiger partial charge in [-0.05, 0) is 112 Å². The molecule has 4 heteroatoms. The molecule has 0 aliphatic carbocycles. The van der Waals surface area contributed by atoms with E-state index < -0.39 is 0 Å². The number of allylic oxidation sites excluding steroid dienone is 4. The Morgan fingerprint density at radius 3 is 1.45 bits per heavy atom. The Morgan fingerprint density at radius 2 is 1.00 bits per heavy atom. The van der Waals surface area contributed by atoms with Gasteiger partial charge in [0.25, 0.3) is 0 Å². The molecule has 2 aromatic rings. The monoisotopic (exact) mass is 667 g/mol. The van der Waals surface area contributed by atoms with E-state index in [1.165, 1.54) is 96.1 Å². The zero-order valence-electron chi connectivity index (χ0n) is 33.3. The normalized spacial score (nSPS) is 13.5. The molecule has 0 fully saturated rings. The van der Waals surface area contributed by atoms with E-state index in [0.29, 0.717) is 0 Å². The molecule has 1 aliphatic heterocycles. The van der Waals surface area contributed by atoms with Gasteiger partial charge in [-0.25, -0.2) is 4.70 Å². The van der Waals surface area contributed by atoms with Crippen molar-refractivity contribution in [1.82, 2.24) is 0 Å². The predicted octanol–water partition coefficient (Wildman–Crippen LogP) is 12.9. The highest BCUT2D eigenvalue weighted by molar-refractivity contribution is 5.86. The molecular formula is C45H70N4. The van der Waals surface area contributed by atoms with Crippen LogP contribution in [0.25, 0.3) is 16.9 Å². The molecule has 0 amide bonds. The van der Waals surface area contributed by atoms with Gasteiger partial charge < -0.3 is 15.3 Å². The second-order valence-electron chi connectivity index (χ2n) is 14.0. The average molecular weight is 667 g/mol. The number of anilines is 2. The molecule has 0 spiro atoms. The van der Waals surface area contributed by atoms with Gasteiger partial charge in [0, 0.05) is 55.3 Å². The summed E-state index contributed by atoms with van der Waals surface area (Å²) < 4.78 is 1.59. The molecule has 0 radical (unpaired) electrons. The quantitative estimate of drug-likeness (QED) is 0.0925. The minimum absolute atomic E-state index is 0.948. The van der Waals surface area contributed by atoms with E-state index >= 15 is 0 Å². The Labute approximate surface area is 301 Å². The second kappa shape index (κ2) is 20.5. The van der Waals surface area contributed by atoms with Crippen LogP contribution in [0.4, 0.5) is 11.4 Å². The van der Waals surface area contributed by atoms with Crippen LogP contribution in [-0.4, -0.2) is 31.9 Å². The highest BCUT2D eigenvalue weighted by Crippen LogP contribution is 2.46. The fourth-order valence-electron chi connectivity index (χ4n) is 7.59. The van der Waals surface area contributed by atoms with E-state index in [9.17, 15) is 5.53 Å². The molecule has 2 aromatic carbocycles. The maximum Gasteiger partial charge on any atom is 0.215 e. The highest BCUT2D eigenvalue weighted by atomic mass is 15.2. The third-order valence-electron chi connectivity index (χ3n) is 10.6. The molecular weight excluding hydrogens is 597 g/mol. The minimum Gasteiger partial charge on any atom is -0.493 e. The maximum absolute atomic E-state index is 12.6. The summed E-state index contributed by atoms with van der Waals surface area (Å²) in [5.74, 6) is 0. The summed E-state index contributed by atoms with van der Waals surface area (Å²) >= 11 is 0. The Morgan fingerprint density at radius 1 is 0.571 bits per heavy atom. The van der Waals surface area contributed by atoms with Crippen molar-refractivity contribution < 1.29 is 4.70 Å². The number of aryl methyl sites for hydroxylation is 4. The van der Waals surface area contributed by atoms with Crippen molar-refractivity contribution >= 4 is 22.8 Å². The van der Waals surface area contributed by atoms with Gasteiger partial charge in [0.15, 0.2) is 0 Å². The van der Waals surface area contributed by atoms with Crippen molar-refractivity contribution in [2.24, 2.45) is 0 Å². The molecule has 3 rings (SSSR count). The molecule has 4 nitrogen and oxygen atoms in total. The Hall–Kier alpha value is -3.14. The van der Waals surface area contributed by atoms with Gasteiger partial charge in [0.2, 0.25) is 11.4 Å². The molecule has 0 atom stereocenters. The van der Waals surface area contributed by atoms with Crippen LogP contribution in [0.3, 0.4) is 0 Å². The molecule has 1 heterocycles. The number of rotatable bonds is 22. The average Bonchev–Trinajstić information content (AvgIpc) is 3.40. The molecule has 0 bridgehead atoms. The van der Waals surface area contributed by atoms with E-state index in [4.69, 9.17) is 0 Å². The molecule has 49 heavy (non-hydrogen) atoms. The summed E-state index contributed by atoms with van der Waals surface area (Å²) in [6.45, 7) is 20.0. The van der Waals surface area contributed by atoms with E-state index in [0.717, 1.165) is 80.6 Å². The first-order valence-corrected chi connectivity index (χ1v) is 20.1. The number of hydrogen-bond acceptors (Lipinski definition) is 2. The van der Waals surface area contributed by atoms with Gasteiger partial charge in [-0.2, -0.15) is 0 Å². The number of nitrogens with zero attached hydrogens (tertiary/aromatic N) is 4. The summed E-state index contributed by atoms with van der Waals surface area (Å²) in [6, 6.07) is 9.48. The van der Waals surface area contributed by atoms with E-state index in [1.54, 1.807) is 4.70 Å². The van der Waals surface area contributed by atoms with Gasteiger partial charge >= 0.3 is 0 Å². The lowest BCUT2D eigenvalue weighted by Gasteiger charge is -2.25. The summed E-state index contributed by atoms with van der Waals surface area (Å²) in [6.07, 6.45) is 21.8. The lowest BCUT2D eigenvalue weighted by molar-refractivity contribution is -0.345. The first-order chi connectivity index (χ1) is 23.8. The van der Waals surface area contributed by atoms with Crippen LogP contribution in [0.5, 0.6) is 0 Å². The van der Waals surface area contributed by atoms with Crippen LogP contribution in [-0.2, 0) is 25.7 Å². The molecule has 0 unspecified atom stereocenters. The van der Waals surface area contributed by atoms with E-state index in [-0.39, 0.29) is 0 Å². The smallest absolute Gasteiger partial charge is 0.215 e. The van der Waals surface area contributed by atoms with Crippen LogP contribution in [0.1, 0.15) is 159 Å². The number of benzene rings is 2. The van der Waals surface area contributed by atoms with Crippen molar-refractivity contribution in [1.29, 1.82) is 0 Å². The van der Waals surface area contributed by atoms with Crippen molar-refractivity contribution in [3.05, 3.63) is 86.5 Å². The fourth-order valence-corrected chi connectivity index (χ4v) is 7.59. The second-order valence-corrected chi connectivity index (χ2v) is 14.0. The van der Waals surface area contributed by atoms with Gasteiger partial charge in [0.1, 0.15) is 0 Å². The van der Waals surface area contributed by atoms with E-state index in [1.807, 2.05) is 0 Å². The lowest BCUT2D eigenvalue weighted by atomic mass is 9.91. The van der Waals surface area contributed by atoms with Gasteiger partial charge in [0.05, 0.1) is 5.57 Å². The van der Waals surface area contributed by atoms with Crippen LogP contribution in [0.2, 0.25) is 0 Å². The SMILES string of the molecule is CCCCCC=CC1=C(c2cc(CC)c(N(C)CC)c(CC)c2)[N+](=[N-])C(c2cc(CC)c(N(C)CC)c(CC)c2)=C1CCCCCCCC. The highest BCUT2D eigenvalue weighted by Gasteiger charge is 2.36. The summed E-state index contributed by atoms with van der Waals surface area (Å²) in [5.41, 5.74) is 27.4. The van der Waals surface area contributed by atoms with Crippen LogP contribution >= 0.6 is 0 Å². The Balaban J connectivity index is 2.33. The summed E-state index contributed by atoms with van der Waals surface area (Å²) in [5, 5.41) is 0. The predicted molar refractivity (Wildman–Crippen MR) is 217 cm³/mol.